The van der Waals surface area contributed by atoms with Gasteiger partial charge in [-0.2, -0.15) is 0 Å². The van der Waals surface area contributed by atoms with Gasteiger partial charge in [0.15, 0.2) is 0 Å². The summed E-state index contributed by atoms with van der Waals surface area (Å²) >= 11 is 0. The highest BCUT2D eigenvalue weighted by atomic mass is 16.5. The molecule has 0 fully saturated rings. The molecule has 72 valence electrons. The van der Waals surface area contributed by atoms with Gasteiger partial charge in [0, 0.05) is 18.9 Å². The molecule has 2 N–H and O–H groups in total. The van der Waals surface area contributed by atoms with Crippen LogP contribution in [0.25, 0.3) is 0 Å². The minimum atomic E-state index is -0.307. The second-order valence-electron chi connectivity index (χ2n) is 3.24. The minimum Gasteiger partial charge on any atom is -0.311 e. The van der Waals surface area contributed by atoms with Crippen LogP contribution in [0.5, 0.6) is 0 Å². The molecule has 0 atom stereocenters. The molecule has 1 heterocycles. The molecule has 0 saturated carbocycles. The zero-order chi connectivity index (χ0) is 9.84. The van der Waals surface area contributed by atoms with E-state index in [4.69, 9.17) is 5.21 Å². The molecule has 5 nitrogen and oxygen atoms in total. The SMILES string of the molecule is CC(C)Cn1ccnc(NO)c1=O. The Balaban J connectivity index is 3.02. The number of anilines is 1. The van der Waals surface area contributed by atoms with Crippen LogP contribution in [0, 0.1) is 5.92 Å². The van der Waals surface area contributed by atoms with E-state index in [2.05, 4.69) is 4.98 Å². The molecule has 0 amide bonds. The van der Waals surface area contributed by atoms with Crippen LogP contribution in [-0.2, 0) is 6.54 Å². The number of nitrogens with zero attached hydrogens (tertiary/aromatic N) is 2. The van der Waals surface area contributed by atoms with Gasteiger partial charge in [-0.3, -0.25) is 10.0 Å². The van der Waals surface area contributed by atoms with Crippen molar-refractivity contribution in [1.29, 1.82) is 0 Å². The van der Waals surface area contributed by atoms with Crippen LogP contribution in [0.4, 0.5) is 5.82 Å². The van der Waals surface area contributed by atoms with Gasteiger partial charge in [0.05, 0.1) is 0 Å². The van der Waals surface area contributed by atoms with Crippen molar-refractivity contribution in [2.24, 2.45) is 5.92 Å². The molecule has 1 aromatic heterocycles. The fourth-order valence-corrected chi connectivity index (χ4v) is 1.06. The number of rotatable bonds is 3. The van der Waals surface area contributed by atoms with Gasteiger partial charge in [-0.05, 0) is 5.92 Å². The Hall–Kier alpha value is -1.36. The van der Waals surface area contributed by atoms with E-state index in [9.17, 15) is 4.79 Å². The van der Waals surface area contributed by atoms with Crippen molar-refractivity contribution in [2.45, 2.75) is 20.4 Å². The van der Waals surface area contributed by atoms with Gasteiger partial charge < -0.3 is 4.57 Å². The molecule has 0 radical (unpaired) electrons. The van der Waals surface area contributed by atoms with Crippen LogP contribution in [0.2, 0.25) is 0 Å². The first-order valence-corrected chi connectivity index (χ1v) is 4.10. The Morgan fingerprint density at radius 1 is 1.69 bits per heavy atom. The topological polar surface area (TPSA) is 67.2 Å². The van der Waals surface area contributed by atoms with Gasteiger partial charge >= 0.3 is 0 Å². The van der Waals surface area contributed by atoms with Gasteiger partial charge in [-0.1, -0.05) is 13.8 Å². The zero-order valence-electron chi connectivity index (χ0n) is 7.69. The van der Waals surface area contributed by atoms with Crippen LogP contribution in [0.1, 0.15) is 13.8 Å². The summed E-state index contributed by atoms with van der Waals surface area (Å²) in [6, 6.07) is 0. The molecule has 0 unspecified atom stereocenters. The lowest BCUT2D eigenvalue weighted by molar-refractivity contribution is 0.382. The maximum absolute atomic E-state index is 11.4. The molecule has 0 bridgehead atoms. The van der Waals surface area contributed by atoms with Crippen LogP contribution in [-0.4, -0.2) is 14.8 Å². The number of aromatic nitrogens is 2. The maximum Gasteiger partial charge on any atom is 0.295 e. The summed E-state index contributed by atoms with van der Waals surface area (Å²) in [5.74, 6) is 0.342. The quantitative estimate of drug-likeness (QED) is 0.677. The Morgan fingerprint density at radius 3 is 2.92 bits per heavy atom. The van der Waals surface area contributed by atoms with Crippen molar-refractivity contribution < 1.29 is 5.21 Å². The van der Waals surface area contributed by atoms with Crippen molar-refractivity contribution in [1.82, 2.24) is 9.55 Å². The van der Waals surface area contributed by atoms with Crippen LogP contribution >= 0.6 is 0 Å². The van der Waals surface area contributed by atoms with E-state index >= 15 is 0 Å². The van der Waals surface area contributed by atoms with Gasteiger partial charge in [0.1, 0.15) is 0 Å². The predicted octanol–water partition coefficient (Wildman–Crippen LogP) is 0.700. The molecule has 1 aromatic rings. The zero-order valence-corrected chi connectivity index (χ0v) is 7.69. The third-order valence-corrected chi connectivity index (χ3v) is 1.58. The van der Waals surface area contributed by atoms with E-state index in [0.29, 0.717) is 12.5 Å². The lowest BCUT2D eigenvalue weighted by atomic mass is 10.2. The molecule has 1 rings (SSSR count). The van der Waals surface area contributed by atoms with Crippen molar-refractivity contribution >= 4 is 5.82 Å². The first-order chi connectivity index (χ1) is 6.15. The Kier molecular flexibility index (Phi) is 3.02. The van der Waals surface area contributed by atoms with E-state index in [-0.39, 0.29) is 11.4 Å². The summed E-state index contributed by atoms with van der Waals surface area (Å²) in [5.41, 5.74) is 1.46. The molecule has 0 spiro atoms. The molecule has 0 aliphatic heterocycles. The maximum atomic E-state index is 11.4. The Morgan fingerprint density at radius 2 is 2.38 bits per heavy atom. The third kappa shape index (κ3) is 2.29. The standard InChI is InChI=1S/C8H13N3O2/c1-6(2)5-11-4-3-9-7(10-13)8(11)12/h3-4,6,13H,5H2,1-2H3,(H,9,10). The van der Waals surface area contributed by atoms with Crippen LogP contribution < -0.4 is 11.0 Å². The largest absolute Gasteiger partial charge is 0.311 e. The van der Waals surface area contributed by atoms with E-state index < -0.39 is 0 Å². The average molecular weight is 183 g/mol. The summed E-state index contributed by atoms with van der Waals surface area (Å²) in [6.45, 7) is 4.65. The third-order valence-electron chi connectivity index (χ3n) is 1.58. The van der Waals surface area contributed by atoms with Gasteiger partial charge in [0.25, 0.3) is 5.56 Å². The summed E-state index contributed by atoms with van der Waals surface area (Å²) in [5, 5.41) is 8.55. The van der Waals surface area contributed by atoms with Gasteiger partial charge in [-0.15, -0.1) is 0 Å². The molecule has 0 aromatic carbocycles. The van der Waals surface area contributed by atoms with Crippen LogP contribution in [0.15, 0.2) is 17.2 Å². The van der Waals surface area contributed by atoms with E-state index in [1.807, 2.05) is 13.8 Å². The number of nitrogens with one attached hydrogen (secondary N) is 1. The Labute approximate surface area is 76.0 Å². The number of hydrogen-bond donors (Lipinski definition) is 2. The first kappa shape index (κ1) is 9.73. The van der Waals surface area contributed by atoms with Gasteiger partial charge in [0.2, 0.25) is 5.82 Å². The molecular formula is C8H13N3O2. The molecule has 0 aliphatic rings. The number of hydrogen-bond acceptors (Lipinski definition) is 4. The van der Waals surface area contributed by atoms with Crippen LogP contribution in [0.3, 0.4) is 0 Å². The molecule has 0 aliphatic carbocycles. The van der Waals surface area contributed by atoms with Crippen molar-refractivity contribution in [3.8, 4) is 0 Å². The summed E-state index contributed by atoms with van der Waals surface area (Å²) in [7, 11) is 0. The highest BCUT2D eigenvalue weighted by molar-refractivity contribution is 5.26. The smallest absolute Gasteiger partial charge is 0.295 e. The van der Waals surface area contributed by atoms with Gasteiger partial charge in [-0.25, -0.2) is 10.5 Å². The monoisotopic (exact) mass is 183 g/mol. The van der Waals surface area contributed by atoms with E-state index in [1.54, 1.807) is 11.7 Å². The molecular weight excluding hydrogens is 170 g/mol. The normalized spacial score (nSPS) is 10.5. The fourth-order valence-electron chi connectivity index (χ4n) is 1.06. The lowest BCUT2D eigenvalue weighted by Gasteiger charge is -2.08. The second kappa shape index (κ2) is 4.04. The second-order valence-corrected chi connectivity index (χ2v) is 3.24. The lowest BCUT2D eigenvalue weighted by Crippen LogP contribution is -2.25. The molecule has 0 saturated heterocycles. The summed E-state index contributed by atoms with van der Waals surface area (Å²) in [4.78, 5) is 15.1. The highest BCUT2D eigenvalue weighted by Gasteiger charge is 2.03. The van der Waals surface area contributed by atoms with E-state index in [1.165, 1.54) is 10.8 Å². The molecule has 13 heavy (non-hydrogen) atoms. The fraction of sp³-hybridized carbons (Fsp3) is 0.500. The summed E-state index contributed by atoms with van der Waals surface area (Å²) in [6.07, 6.45) is 3.07. The average Bonchev–Trinajstić information content (AvgIpc) is 2.08. The van der Waals surface area contributed by atoms with E-state index in [0.717, 1.165) is 0 Å². The first-order valence-electron chi connectivity index (χ1n) is 4.10. The summed E-state index contributed by atoms with van der Waals surface area (Å²) < 4.78 is 1.51. The Bertz CT molecular complexity index is 332. The minimum absolute atomic E-state index is 0.0387. The predicted molar refractivity (Wildman–Crippen MR) is 48.7 cm³/mol. The van der Waals surface area contributed by atoms with Crippen molar-refractivity contribution in [2.75, 3.05) is 5.48 Å². The molecule has 5 heteroatoms. The van der Waals surface area contributed by atoms with Crippen molar-refractivity contribution in [3.63, 3.8) is 0 Å². The highest BCUT2D eigenvalue weighted by Crippen LogP contribution is 1.97. The van der Waals surface area contributed by atoms with Crippen molar-refractivity contribution in [3.05, 3.63) is 22.7 Å².